The first-order valence-electron chi connectivity index (χ1n) is 9.39. The third kappa shape index (κ3) is 5.81. The second-order valence-electron chi connectivity index (χ2n) is 6.68. The Balaban J connectivity index is 2.12. The Hall–Kier alpha value is -3.35. The third-order valence-corrected chi connectivity index (χ3v) is 4.24. The summed E-state index contributed by atoms with van der Waals surface area (Å²) in [6.07, 6.45) is 0. The van der Waals surface area contributed by atoms with Gasteiger partial charge in [0.2, 0.25) is 5.91 Å². The van der Waals surface area contributed by atoms with Gasteiger partial charge in [0.25, 0.3) is 5.91 Å². The van der Waals surface area contributed by atoms with Crippen LogP contribution in [0.15, 0.2) is 48.5 Å². The maximum atomic E-state index is 12.8. The number of ether oxygens (including phenoxy) is 2. The van der Waals surface area contributed by atoms with Crippen molar-refractivity contribution in [3.05, 3.63) is 59.7 Å². The molecule has 0 heterocycles. The minimum absolute atomic E-state index is 0.146. The number of hydrogen-bond donors (Lipinski definition) is 2. The van der Waals surface area contributed by atoms with Crippen molar-refractivity contribution in [3.63, 3.8) is 0 Å². The van der Waals surface area contributed by atoms with E-state index in [1.807, 2.05) is 20.8 Å². The Bertz CT molecular complexity index is 862. The summed E-state index contributed by atoms with van der Waals surface area (Å²) in [5.41, 5.74) is 1.26. The molecule has 0 radical (unpaired) electrons. The van der Waals surface area contributed by atoms with E-state index in [2.05, 4.69) is 15.4 Å². The van der Waals surface area contributed by atoms with Crippen molar-refractivity contribution < 1.29 is 23.9 Å². The summed E-state index contributed by atoms with van der Waals surface area (Å²) in [5, 5.41) is 5.55. The van der Waals surface area contributed by atoms with Crippen molar-refractivity contribution in [1.82, 2.24) is 5.32 Å². The van der Waals surface area contributed by atoms with Crippen LogP contribution in [0.5, 0.6) is 5.75 Å². The van der Waals surface area contributed by atoms with Gasteiger partial charge in [0.1, 0.15) is 11.8 Å². The van der Waals surface area contributed by atoms with Gasteiger partial charge in [-0.05, 0) is 49.2 Å². The number of nitrogens with one attached hydrogen (secondary N) is 2. The van der Waals surface area contributed by atoms with Crippen LogP contribution < -0.4 is 15.4 Å². The molecule has 29 heavy (non-hydrogen) atoms. The van der Waals surface area contributed by atoms with Crippen molar-refractivity contribution >= 4 is 23.5 Å². The number of esters is 1. The van der Waals surface area contributed by atoms with E-state index >= 15 is 0 Å². The lowest BCUT2D eigenvalue weighted by molar-refractivity contribution is -0.118. The maximum absolute atomic E-state index is 12.8. The Morgan fingerprint density at radius 1 is 1.00 bits per heavy atom. The summed E-state index contributed by atoms with van der Waals surface area (Å²) in [5.74, 6) is -0.874. The number of amides is 2. The van der Waals surface area contributed by atoms with Crippen LogP contribution in [0, 0.1) is 5.92 Å². The highest BCUT2D eigenvalue weighted by Gasteiger charge is 2.26. The average molecular weight is 398 g/mol. The Morgan fingerprint density at radius 2 is 1.66 bits per heavy atom. The molecule has 2 aromatic carbocycles. The number of carbonyl (C=O) groups excluding carboxylic acids is 3. The second-order valence-corrected chi connectivity index (χ2v) is 6.68. The van der Waals surface area contributed by atoms with Gasteiger partial charge in [0, 0.05) is 5.69 Å². The maximum Gasteiger partial charge on any atom is 0.337 e. The number of benzene rings is 2. The van der Waals surface area contributed by atoms with Crippen LogP contribution >= 0.6 is 0 Å². The molecule has 0 spiro atoms. The molecule has 7 nitrogen and oxygen atoms in total. The molecule has 0 aromatic heterocycles. The smallest absolute Gasteiger partial charge is 0.337 e. The van der Waals surface area contributed by atoms with Gasteiger partial charge in [-0.25, -0.2) is 4.79 Å². The van der Waals surface area contributed by atoms with Gasteiger partial charge < -0.3 is 20.1 Å². The quantitative estimate of drug-likeness (QED) is 0.666. The highest BCUT2D eigenvalue weighted by Crippen LogP contribution is 2.19. The summed E-state index contributed by atoms with van der Waals surface area (Å²) in [6.45, 7) is 5.96. The molecule has 0 aliphatic heterocycles. The molecule has 2 rings (SSSR count). The lowest BCUT2D eigenvalue weighted by Crippen LogP contribution is -2.47. The van der Waals surface area contributed by atoms with Crippen molar-refractivity contribution in [2.24, 2.45) is 5.92 Å². The van der Waals surface area contributed by atoms with Crippen molar-refractivity contribution in [2.45, 2.75) is 26.8 Å². The van der Waals surface area contributed by atoms with Crippen LogP contribution in [0.4, 0.5) is 5.69 Å². The predicted octanol–water partition coefficient (Wildman–Crippen LogP) is 3.27. The highest BCUT2D eigenvalue weighted by atomic mass is 16.5. The van der Waals surface area contributed by atoms with E-state index in [1.165, 1.54) is 7.11 Å². The van der Waals surface area contributed by atoms with E-state index in [0.717, 1.165) is 0 Å². The lowest BCUT2D eigenvalue weighted by atomic mass is 10.0. The van der Waals surface area contributed by atoms with Gasteiger partial charge in [-0.15, -0.1) is 0 Å². The zero-order chi connectivity index (χ0) is 21.4. The molecular weight excluding hydrogens is 372 g/mol. The fourth-order valence-electron chi connectivity index (χ4n) is 2.72. The number of anilines is 1. The average Bonchev–Trinajstić information content (AvgIpc) is 2.72. The zero-order valence-electron chi connectivity index (χ0n) is 17.0. The largest absolute Gasteiger partial charge is 0.493 e. The molecule has 0 saturated carbocycles. The minimum Gasteiger partial charge on any atom is -0.493 e. The van der Waals surface area contributed by atoms with Crippen LogP contribution in [0.1, 0.15) is 41.5 Å². The Labute approximate surface area is 170 Å². The molecule has 0 bridgehead atoms. The second kappa shape index (κ2) is 10.3. The minimum atomic E-state index is -0.752. The molecule has 7 heteroatoms. The molecule has 1 atom stereocenters. The summed E-state index contributed by atoms with van der Waals surface area (Å²) in [6, 6.07) is 12.5. The fraction of sp³-hybridized carbons (Fsp3) is 0.318. The van der Waals surface area contributed by atoms with Gasteiger partial charge in [-0.2, -0.15) is 0 Å². The van der Waals surface area contributed by atoms with Gasteiger partial charge in [-0.3, -0.25) is 9.59 Å². The van der Waals surface area contributed by atoms with Crippen LogP contribution in [0.3, 0.4) is 0 Å². The molecule has 0 unspecified atom stereocenters. The molecule has 0 saturated heterocycles. The van der Waals surface area contributed by atoms with E-state index < -0.39 is 12.0 Å². The molecule has 2 amide bonds. The van der Waals surface area contributed by atoms with E-state index in [-0.39, 0.29) is 17.7 Å². The molecule has 0 aliphatic carbocycles. The van der Waals surface area contributed by atoms with Crippen LogP contribution in [0.25, 0.3) is 0 Å². The van der Waals surface area contributed by atoms with Gasteiger partial charge in [0.15, 0.2) is 0 Å². The summed E-state index contributed by atoms with van der Waals surface area (Å²) in [7, 11) is 1.30. The normalized spacial score (nSPS) is 11.5. The molecule has 0 aliphatic rings. The van der Waals surface area contributed by atoms with E-state index in [1.54, 1.807) is 48.5 Å². The Kier molecular flexibility index (Phi) is 7.77. The molecule has 2 N–H and O–H groups in total. The molecular formula is C22H26N2O5. The zero-order valence-corrected chi connectivity index (χ0v) is 17.0. The van der Waals surface area contributed by atoms with Gasteiger partial charge in [0.05, 0.1) is 24.8 Å². The molecule has 154 valence electrons. The number of rotatable bonds is 8. The van der Waals surface area contributed by atoms with Crippen molar-refractivity contribution in [2.75, 3.05) is 19.0 Å². The van der Waals surface area contributed by atoms with Gasteiger partial charge in [-0.1, -0.05) is 26.0 Å². The molecule has 2 aromatic rings. The van der Waals surface area contributed by atoms with Crippen LogP contribution in [-0.4, -0.2) is 37.5 Å². The third-order valence-electron chi connectivity index (χ3n) is 4.24. The SMILES string of the molecule is CCOc1ccccc1C(=O)N[C@H](C(=O)Nc1ccc(C(=O)OC)cc1)C(C)C. The topological polar surface area (TPSA) is 93.7 Å². The van der Waals surface area contributed by atoms with E-state index in [9.17, 15) is 14.4 Å². The predicted molar refractivity (Wildman–Crippen MR) is 110 cm³/mol. The molecule has 0 fully saturated rings. The first-order valence-corrected chi connectivity index (χ1v) is 9.39. The van der Waals surface area contributed by atoms with E-state index in [0.29, 0.717) is 29.2 Å². The van der Waals surface area contributed by atoms with Crippen molar-refractivity contribution in [1.29, 1.82) is 0 Å². The monoisotopic (exact) mass is 398 g/mol. The fourth-order valence-corrected chi connectivity index (χ4v) is 2.72. The standard InChI is InChI=1S/C22H26N2O5/c1-5-29-18-9-7-6-8-17(18)20(25)24-19(14(2)3)21(26)23-16-12-10-15(11-13-16)22(27)28-4/h6-14,19H,5H2,1-4H3,(H,23,26)(H,24,25)/t19-/m0/s1. The van der Waals surface area contributed by atoms with Crippen molar-refractivity contribution in [3.8, 4) is 5.75 Å². The lowest BCUT2D eigenvalue weighted by Gasteiger charge is -2.22. The number of para-hydroxylation sites is 1. The number of hydrogen-bond acceptors (Lipinski definition) is 5. The number of methoxy groups -OCH3 is 1. The van der Waals surface area contributed by atoms with Gasteiger partial charge >= 0.3 is 5.97 Å². The van der Waals surface area contributed by atoms with E-state index in [4.69, 9.17) is 4.74 Å². The number of carbonyl (C=O) groups is 3. The first-order chi connectivity index (χ1) is 13.9. The summed E-state index contributed by atoms with van der Waals surface area (Å²) in [4.78, 5) is 37.0. The summed E-state index contributed by atoms with van der Waals surface area (Å²) < 4.78 is 10.2. The van der Waals surface area contributed by atoms with Crippen LogP contribution in [-0.2, 0) is 9.53 Å². The van der Waals surface area contributed by atoms with Crippen LogP contribution in [0.2, 0.25) is 0 Å². The first kappa shape index (κ1) is 21.9. The summed E-state index contributed by atoms with van der Waals surface area (Å²) >= 11 is 0. The highest BCUT2D eigenvalue weighted by molar-refractivity contribution is 6.02. The Morgan fingerprint density at radius 3 is 2.24 bits per heavy atom.